The minimum Gasteiger partial charge on any atom is -0.497 e. The fraction of sp³-hybridized carbons (Fsp3) is 0.273. The van der Waals surface area contributed by atoms with Gasteiger partial charge in [-0.2, -0.15) is 10.5 Å². The molecule has 0 aromatic carbocycles. The molecule has 0 aromatic heterocycles. The van der Waals surface area contributed by atoms with E-state index in [4.69, 9.17) is 15.3 Å². The minimum absolute atomic E-state index is 0.0933. The Balaban J connectivity index is 3.20. The Morgan fingerprint density at radius 2 is 2.13 bits per heavy atom. The molecule has 0 radical (unpaired) electrons. The summed E-state index contributed by atoms with van der Waals surface area (Å²) >= 11 is 0. The molecule has 0 unspecified atom stereocenters. The van der Waals surface area contributed by atoms with Crippen LogP contribution in [0.25, 0.3) is 0 Å². The monoisotopic (exact) mass is 201 g/mol. The predicted octanol–water partition coefficient (Wildman–Crippen LogP) is 1.67. The van der Waals surface area contributed by atoms with Gasteiger partial charge in [-0.05, 0) is 13.0 Å². The highest BCUT2D eigenvalue weighted by molar-refractivity contribution is 5.47. The first kappa shape index (κ1) is 10.9. The maximum Gasteiger partial charge on any atom is 0.153 e. The minimum atomic E-state index is 0.0933. The fourth-order valence-electron chi connectivity index (χ4n) is 1.27. The predicted molar refractivity (Wildman–Crippen MR) is 54.9 cm³/mol. The normalized spacial score (nSPS) is 14.0. The zero-order chi connectivity index (χ0) is 11.3. The van der Waals surface area contributed by atoms with Crippen molar-refractivity contribution in [2.45, 2.75) is 6.92 Å². The van der Waals surface area contributed by atoms with Gasteiger partial charge in [0.15, 0.2) is 5.57 Å². The van der Waals surface area contributed by atoms with E-state index in [-0.39, 0.29) is 5.57 Å². The molecule has 0 saturated heterocycles. The van der Waals surface area contributed by atoms with Gasteiger partial charge in [-0.1, -0.05) is 0 Å². The van der Waals surface area contributed by atoms with Gasteiger partial charge in [0.25, 0.3) is 0 Å². The van der Waals surface area contributed by atoms with E-state index < -0.39 is 0 Å². The zero-order valence-corrected chi connectivity index (χ0v) is 8.69. The Bertz CT molecular complexity index is 402. The van der Waals surface area contributed by atoms with Gasteiger partial charge >= 0.3 is 0 Å². The molecular formula is C11H11N3O. The molecule has 0 spiro atoms. The first-order valence-corrected chi connectivity index (χ1v) is 4.51. The molecule has 0 fully saturated rings. The van der Waals surface area contributed by atoms with Crippen molar-refractivity contribution in [2.75, 3.05) is 13.7 Å². The number of nitrogens with zero attached hydrogens (tertiary/aromatic N) is 3. The summed E-state index contributed by atoms with van der Waals surface area (Å²) in [4.78, 5) is 1.82. The number of allylic oxidation sites excluding steroid dienone is 3. The average molecular weight is 201 g/mol. The van der Waals surface area contributed by atoms with Gasteiger partial charge in [-0.25, -0.2) is 0 Å². The second kappa shape index (κ2) is 4.88. The lowest BCUT2D eigenvalue weighted by Gasteiger charge is -2.23. The van der Waals surface area contributed by atoms with Gasteiger partial charge < -0.3 is 9.64 Å². The molecule has 0 atom stereocenters. The second-order valence-electron chi connectivity index (χ2n) is 2.84. The number of nitriles is 2. The number of likely N-dealkylation sites (N-methyl/N-ethyl adjacent to an activating group) is 1. The maximum atomic E-state index is 8.80. The summed E-state index contributed by atoms with van der Waals surface area (Å²) in [7, 11) is 1.55. The quantitative estimate of drug-likeness (QED) is 0.637. The van der Waals surface area contributed by atoms with Crippen molar-refractivity contribution < 1.29 is 4.74 Å². The largest absolute Gasteiger partial charge is 0.497 e. The third-order valence-electron chi connectivity index (χ3n) is 2.06. The van der Waals surface area contributed by atoms with Crippen molar-refractivity contribution in [3.63, 3.8) is 0 Å². The van der Waals surface area contributed by atoms with Crippen LogP contribution in [-0.4, -0.2) is 18.6 Å². The van der Waals surface area contributed by atoms with Crippen LogP contribution in [0.1, 0.15) is 6.92 Å². The second-order valence-corrected chi connectivity index (χ2v) is 2.84. The van der Waals surface area contributed by atoms with Crippen molar-refractivity contribution in [1.29, 1.82) is 10.5 Å². The number of rotatable bonds is 2. The van der Waals surface area contributed by atoms with E-state index in [0.29, 0.717) is 18.0 Å². The van der Waals surface area contributed by atoms with E-state index in [1.165, 1.54) is 0 Å². The number of hydrogen-bond donors (Lipinski definition) is 0. The molecule has 1 heterocycles. The van der Waals surface area contributed by atoms with Gasteiger partial charge in [0.2, 0.25) is 0 Å². The van der Waals surface area contributed by atoms with E-state index >= 15 is 0 Å². The molecular weight excluding hydrogens is 190 g/mol. The van der Waals surface area contributed by atoms with Crippen LogP contribution in [0.3, 0.4) is 0 Å². The SMILES string of the molecule is CCN1C=CC(OC)=CC1=C(C#N)C#N. The molecule has 76 valence electrons. The topological polar surface area (TPSA) is 60.0 Å². The Kier molecular flexibility index (Phi) is 3.54. The van der Waals surface area contributed by atoms with E-state index in [9.17, 15) is 0 Å². The van der Waals surface area contributed by atoms with Gasteiger partial charge in [0.05, 0.1) is 12.8 Å². The fourth-order valence-corrected chi connectivity index (χ4v) is 1.27. The van der Waals surface area contributed by atoms with Crippen molar-refractivity contribution in [2.24, 2.45) is 0 Å². The number of ether oxygens (including phenoxy) is 1. The first-order valence-electron chi connectivity index (χ1n) is 4.51. The van der Waals surface area contributed by atoms with E-state index in [1.807, 2.05) is 24.0 Å². The van der Waals surface area contributed by atoms with E-state index in [1.54, 1.807) is 25.5 Å². The van der Waals surface area contributed by atoms with Crippen LogP contribution in [0.2, 0.25) is 0 Å². The molecule has 4 nitrogen and oxygen atoms in total. The van der Waals surface area contributed by atoms with Crippen LogP contribution >= 0.6 is 0 Å². The standard InChI is InChI=1S/C11H11N3O/c1-3-14-5-4-10(15-2)6-11(14)9(7-12)8-13/h4-6H,3H2,1-2H3. The summed E-state index contributed by atoms with van der Waals surface area (Å²) in [6.45, 7) is 2.65. The van der Waals surface area contributed by atoms with Crippen LogP contribution in [0, 0.1) is 22.7 Å². The molecule has 15 heavy (non-hydrogen) atoms. The highest BCUT2D eigenvalue weighted by Gasteiger charge is 2.14. The smallest absolute Gasteiger partial charge is 0.153 e. The van der Waals surface area contributed by atoms with Gasteiger partial charge in [0.1, 0.15) is 17.9 Å². The molecule has 1 rings (SSSR count). The third kappa shape index (κ3) is 2.18. The van der Waals surface area contributed by atoms with Crippen molar-refractivity contribution in [3.8, 4) is 12.1 Å². The molecule has 0 aromatic rings. The maximum absolute atomic E-state index is 8.80. The highest BCUT2D eigenvalue weighted by Crippen LogP contribution is 2.20. The van der Waals surface area contributed by atoms with Gasteiger partial charge in [-0.15, -0.1) is 0 Å². The number of methoxy groups -OCH3 is 1. The van der Waals surface area contributed by atoms with Crippen molar-refractivity contribution >= 4 is 0 Å². The van der Waals surface area contributed by atoms with Crippen LogP contribution in [0.4, 0.5) is 0 Å². The highest BCUT2D eigenvalue weighted by atomic mass is 16.5. The van der Waals surface area contributed by atoms with Crippen molar-refractivity contribution in [3.05, 3.63) is 35.4 Å². The molecule has 4 heteroatoms. The molecule has 0 amide bonds. The summed E-state index contributed by atoms with van der Waals surface area (Å²) in [6.07, 6.45) is 5.27. The number of hydrogen-bond acceptors (Lipinski definition) is 4. The summed E-state index contributed by atoms with van der Waals surface area (Å²) in [5.74, 6) is 0.637. The Morgan fingerprint density at radius 3 is 2.60 bits per heavy atom. The molecule has 0 saturated carbocycles. The average Bonchev–Trinajstić information content (AvgIpc) is 2.30. The Labute approximate surface area is 89.0 Å². The van der Waals surface area contributed by atoms with E-state index in [2.05, 4.69) is 0 Å². The summed E-state index contributed by atoms with van der Waals surface area (Å²) in [5.41, 5.74) is 0.678. The molecule has 0 bridgehead atoms. The van der Waals surface area contributed by atoms with Gasteiger partial charge in [-0.3, -0.25) is 0 Å². The lowest BCUT2D eigenvalue weighted by molar-refractivity contribution is 0.300. The van der Waals surface area contributed by atoms with Crippen molar-refractivity contribution in [1.82, 2.24) is 4.90 Å². The lowest BCUT2D eigenvalue weighted by Crippen LogP contribution is -2.19. The Hall–Kier alpha value is -2.20. The third-order valence-corrected chi connectivity index (χ3v) is 2.06. The molecule has 1 aliphatic rings. The summed E-state index contributed by atoms with van der Waals surface area (Å²) in [5, 5.41) is 17.6. The summed E-state index contributed by atoms with van der Waals surface area (Å²) in [6, 6.07) is 3.75. The van der Waals surface area contributed by atoms with Crippen LogP contribution in [-0.2, 0) is 4.74 Å². The van der Waals surface area contributed by atoms with Crippen LogP contribution < -0.4 is 0 Å². The van der Waals surface area contributed by atoms with Gasteiger partial charge in [0, 0.05) is 18.8 Å². The van der Waals surface area contributed by atoms with E-state index in [0.717, 1.165) is 0 Å². The molecule has 0 aliphatic carbocycles. The van der Waals surface area contributed by atoms with Crippen LogP contribution in [0.15, 0.2) is 35.4 Å². The zero-order valence-electron chi connectivity index (χ0n) is 8.69. The first-order chi connectivity index (χ1) is 7.26. The van der Waals surface area contributed by atoms with Crippen LogP contribution in [0.5, 0.6) is 0 Å². The molecule has 0 N–H and O–H groups in total. The lowest BCUT2D eigenvalue weighted by atomic mass is 10.1. The molecule has 1 aliphatic heterocycles. The summed E-state index contributed by atoms with van der Waals surface area (Å²) < 4.78 is 5.05. The Morgan fingerprint density at radius 1 is 1.47 bits per heavy atom.